The van der Waals surface area contributed by atoms with E-state index in [1.165, 1.54) is 36.9 Å². The van der Waals surface area contributed by atoms with Crippen molar-refractivity contribution in [3.8, 4) is 0 Å². The quantitative estimate of drug-likeness (QED) is 0.806. The van der Waals surface area contributed by atoms with Gasteiger partial charge in [0.2, 0.25) is 5.91 Å². The molecule has 1 amide bonds. The van der Waals surface area contributed by atoms with E-state index in [1.54, 1.807) is 11.3 Å². The summed E-state index contributed by atoms with van der Waals surface area (Å²) in [7, 11) is 0. The van der Waals surface area contributed by atoms with E-state index < -0.39 is 0 Å². The standard InChI is InChI=1S/C22H27N3OS/c26-21-20(17-4-2-1-3-5-17)12-22(15-25(21)19-6-7-19)8-10-24(11-9-22)13-18-14-27-16-23-18/h1-5,14,16,19-20H,6-13,15H2/t20-/m0/s1. The molecule has 1 aromatic heterocycles. The summed E-state index contributed by atoms with van der Waals surface area (Å²) in [6.45, 7) is 4.18. The van der Waals surface area contributed by atoms with Crippen LogP contribution >= 0.6 is 11.3 Å². The molecule has 27 heavy (non-hydrogen) atoms. The molecule has 1 spiro atoms. The number of thiazole rings is 1. The molecule has 0 bridgehead atoms. The van der Waals surface area contributed by atoms with Gasteiger partial charge in [0.15, 0.2) is 0 Å². The lowest BCUT2D eigenvalue weighted by Crippen LogP contribution is -2.54. The second-order valence-corrected chi connectivity index (χ2v) is 9.34. The monoisotopic (exact) mass is 381 g/mol. The fourth-order valence-corrected chi connectivity index (χ4v) is 5.51. The summed E-state index contributed by atoms with van der Waals surface area (Å²) in [5.41, 5.74) is 4.61. The van der Waals surface area contributed by atoms with Crippen LogP contribution in [-0.4, -0.2) is 46.4 Å². The van der Waals surface area contributed by atoms with Gasteiger partial charge in [0, 0.05) is 24.5 Å². The van der Waals surface area contributed by atoms with E-state index >= 15 is 0 Å². The average molecular weight is 382 g/mol. The fraction of sp³-hybridized carbons (Fsp3) is 0.545. The Morgan fingerprint density at radius 1 is 1.15 bits per heavy atom. The summed E-state index contributed by atoms with van der Waals surface area (Å²) in [5.74, 6) is 0.421. The van der Waals surface area contributed by atoms with E-state index in [2.05, 4.69) is 44.4 Å². The van der Waals surface area contributed by atoms with Crippen molar-refractivity contribution in [3.63, 3.8) is 0 Å². The molecule has 4 nitrogen and oxygen atoms in total. The summed E-state index contributed by atoms with van der Waals surface area (Å²) in [6, 6.07) is 11.0. The zero-order valence-electron chi connectivity index (χ0n) is 15.7. The maximum Gasteiger partial charge on any atom is 0.230 e. The van der Waals surface area contributed by atoms with Crippen LogP contribution in [0, 0.1) is 5.41 Å². The van der Waals surface area contributed by atoms with Crippen molar-refractivity contribution >= 4 is 17.2 Å². The lowest BCUT2D eigenvalue weighted by atomic mass is 9.67. The van der Waals surface area contributed by atoms with Gasteiger partial charge in [-0.25, -0.2) is 4.98 Å². The molecule has 3 heterocycles. The zero-order valence-corrected chi connectivity index (χ0v) is 16.5. The van der Waals surface area contributed by atoms with Crippen LogP contribution in [0.1, 0.15) is 49.3 Å². The van der Waals surface area contributed by atoms with Gasteiger partial charge >= 0.3 is 0 Å². The fourth-order valence-electron chi connectivity index (χ4n) is 4.96. The summed E-state index contributed by atoms with van der Waals surface area (Å²) in [5, 5.41) is 2.16. The van der Waals surface area contributed by atoms with Gasteiger partial charge in [-0.05, 0) is 56.2 Å². The highest BCUT2D eigenvalue weighted by atomic mass is 32.1. The number of benzene rings is 1. The molecular weight excluding hydrogens is 354 g/mol. The van der Waals surface area contributed by atoms with E-state index in [1.807, 2.05) is 11.6 Å². The van der Waals surface area contributed by atoms with E-state index in [0.29, 0.717) is 11.9 Å². The largest absolute Gasteiger partial charge is 0.339 e. The van der Waals surface area contributed by atoms with Gasteiger partial charge in [0.1, 0.15) is 0 Å². The van der Waals surface area contributed by atoms with E-state index in [4.69, 9.17) is 0 Å². The van der Waals surface area contributed by atoms with Crippen molar-refractivity contribution in [1.29, 1.82) is 0 Å². The smallest absolute Gasteiger partial charge is 0.230 e. The first-order chi connectivity index (χ1) is 13.2. The number of hydrogen-bond donors (Lipinski definition) is 0. The number of hydrogen-bond acceptors (Lipinski definition) is 4. The minimum atomic E-state index is 0.0469. The van der Waals surface area contributed by atoms with Crippen molar-refractivity contribution in [2.75, 3.05) is 19.6 Å². The SMILES string of the molecule is O=C1[C@H](c2ccccc2)CC2(CCN(Cc3cscn3)CC2)CN1C1CC1. The average Bonchev–Trinajstić information content (AvgIpc) is 3.43. The molecule has 142 valence electrons. The van der Waals surface area contributed by atoms with Crippen LogP contribution in [0.15, 0.2) is 41.2 Å². The van der Waals surface area contributed by atoms with Gasteiger partial charge in [-0.15, -0.1) is 11.3 Å². The predicted octanol–water partition coefficient (Wildman–Crippen LogP) is 3.90. The van der Waals surface area contributed by atoms with Crippen LogP contribution in [0.25, 0.3) is 0 Å². The second-order valence-electron chi connectivity index (χ2n) is 8.62. The third-order valence-corrected chi connectivity index (χ3v) is 7.33. The number of carbonyl (C=O) groups is 1. The van der Waals surface area contributed by atoms with Crippen LogP contribution < -0.4 is 0 Å². The summed E-state index contributed by atoms with van der Waals surface area (Å²) >= 11 is 1.68. The lowest BCUT2D eigenvalue weighted by Gasteiger charge is -2.50. The number of rotatable bonds is 4. The van der Waals surface area contributed by atoms with E-state index in [0.717, 1.165) is 32.6 Å². The van der Waals surface area contributed by atoms with Crippen molar-refractivity contribution in [2.24, 2.45) is 5.41 Å². The Labute approximate surface area is 165 Å². The Hall–Kier alpha value is -1.72. The number of amides is 1. The predicted molar refractivity (Wildman–Crippen MR) is 108 cm³/mol. The molecule has 0 radical (unpaired) electrons. The number of piperidine rings is 2. The Bertz CT molecular complexity index is 779. The summed E-state index contributed by atoms with van der Waals surface area (Å²) in [6.07, 6.45) is 5.79. The molecule has 2 aromatic rings. The van der Waals surface area contributed by atoms with Gasteiger partial charge < -0.3 is 4.90 Å². The zero-order chi connectivity index (χ0) is 18.3. The van der Waals surface area contributed by atoms with Gasteiger partial charge in [0.25, 0.3) is 0 Å². The molecule has 3 fully saturated rings. The number of carbonyl (C=O) groups excluding carboxylic acids is 1. The molecule has 2 aliphatic heterocycles. The summed E-state index contributed by atoms with van der Waals surface area (Å²) in [4.78, 5) is 22.4. The Morgan fingerprint density at radius 3 is 2.59 bits per heavy atom. The highest BCUT2D eigenvalue weighted by Gasteiger charge is 2.49. The number of nitrogens with zero attached hydrogens (tertiary/aromatic N) is 3. The Balaban J connectivity index is 1.33. The maximum absolute atomic E-state index is 13.2. The van der Waals surface area contributed by atoms with Crippen molar-refractivity contribution in [1.82, 2.24) is 14.8 Å². The third-order valence-electron chi connectivity index (χ3n) is 6.70. The second kappa shape index (κ2) is 7.02. The molecule has 1 atom stereocenters. The first-order valence-corrected chi connectivity index (χ1v) is 11.1. The molecule has 5 rings (SSSR count). The third kappa shape index (κ3) is 3.55. The molecule has 2 saturated heterocycles. The molecule has 5 heteroatoms. The molecule has 1 saturated carbocycles. The normalized spacial score (nSPS) is 25.9. The molecular formula is C22H27N3OS. The van der Waals surface area contributed by atoms with Crippen LogP contribution in [0.3, 0.4) is 0 Å². The van der Waals surface area contributed by atoms with Gasteiger partial charge in [-0.3, -0.25) is 9.69 Å². The van der Waals surface area contributed by atoms with Gasteiger partial charge in [-0.2, -0.15) is 0 Å². The van der Waals surface area contributed by atoms with Crippen LogP contribution in [0.5, 0.6) is 0 Å². The Kier molecular flexibility index (Phi) is 4.52. The number of aromatic nitrogens is 1. The number of likely N-dealkylation sites (tertiary alicyclic amines) is 2. The molecule has 1 aliphatic carbocycles. The van der Waals surface area contributed by atoms with E-state index in [-0.39, 0.29) is 11.3 Å². The van der Waals surface area contributed by atoms with Crippen molar-refractivity contribution in [3.05, 3.63) is 52.5 Å². The molecule has 0 unspecified atom stereocenters. The minimum Gasteiger partial charge on any atom is -0.339 e. The van der Waals surface area contributed by atoms with Gasteiger partial charge in [0.05, 0.1) is 17.1 Å². The Morgan fingerprint density at radius 2 is 1.93 bits per heavy atom. The molecule has 1 aromatic carbocycles. The van der Waals surface area contributed by atoms with Gasteiger partial charge in [-0.1, -0.05) is 30.3 Å². The topological polar surface area (TPSA) is 36.4 Å². The van der Waals surface area contributed by atoms with Crippen molar-refractivity contribution < 1.29 is 4.79 Å². The molecule has 0 N–H and O–H groups in total. The molecule has 3 aliphatic rings. The highest BCUT2D eigenvalue weighted by Crippen LogP contribution is 2.48. The van der Waals surface area contributed by atoms with Crippen LogP contribution in [-0.2, 0) is 11.3 Å². The lowest BCUT2D eigenvalue weighted by molar-refractivity contribution is -0.142. The maximum atomic E-state index is 13.2. The van der Waals surface area contributed by atoms with E-state index in [9.17, 15) is 4.79 Å². The highest BCUT2D eigenvalue weighted by molar-refractivity contribution is 7.07. The van der Waals surface area contributed by atoms with Crippen LogP contribution in [0.2, 0.25) is 0 Å². The minimum absolute atomic E-state index is 0.0469. The van der Waals surface area contributed by atoms with Crippen molar-refractivity contribution in [2.45, 2.75) is 50.6 Å². The van der Waals surface area contributed by atoms with Crippen LogP contribution in [0.4, 0.5) is 0 Å². The first-order valence-electron chi connectivity index (χ1n) is 10.2. The summed E-state index contributed by atoms with van der Waals surface area (Å²) < 4.78 is 0. The first kappa shape index (κ1) is 17.4.